The first kappa shape index (κ1) is 19.5. The Morgan fingerprint density at radius 3 is 2.37 bits per heavy atom. The minimum Gasteiger partial charge on any atom is -0.322 e. The maximum atomic E-state index is 13.0. The zero-order chi connectivity index (χ0) is 21.3. The highest BCUT2D eigenvalue weighted by Crippen LogP contribution is 2.31. The van der Waals surface area contributed by atoms with Gasteiger partial charge in [0.1, 0.15) is 5.56 Å². The number of carbonyl (C=O) groups is 1. The number of aryl methyl sites for hydroxylation is 1. The molecule has 152 valence electrons. The van der Waals surface area contributed by atoms with Crippen LogP contribution >= 0.6 is 0 Å². The summed E-state index contributed by atoms with van der Waals surface area (Å²) in [4.78, 5) is 12.9. The lowest BCUT2D eigenvalue weighted by Gasteiger charge is -2.12. The third kappa shape index (κ3) is 3.84. The Bertz CT molecular complexity index is 1180. The molecule has 1 amide bonds. The number of anilines is 1. The number of nitrogens with zero attached hydrogens (tertiary/aromatic N) is 3. The maximum Gasteiger partial charge on any atom is 0.416 e. The summed E-state index contributed by atoms with van der Waals surface area (Å²) < 4.78 is 42.2. The van der Waals surface area contributed by atoms with E-state index in [1.807, 2.05) is 31.2 Å². The Morgan fingerprint density at radius 1 is 1.00 bits per heavy atom. The van der Waals surface area contributed by atoms with E-state index in [1.165, 1.54) is 18.3 Å². The van der Waals surface area contributed by atoms with E-state index in [0.29, 0.717) is 5.82 Å². The first-order valence-electron chi connectivity index (χ1n) is 9.10. The van der Waals surface area contributed by atoms with Gasteiger partial charge in [-0.2, -0.15) is 18.3 Å². The summed E-state index contributed by atoms with van der Waals surface area (Å²) in [5.74, 6) is -0.0790. The molecule has 0 saturated heterocycles. The third-order valence-corrected chi connectivity index (χ3v) is 4.56. The number of hydrogen-bond donors (Lipinski definition) is 1. The van der Waals surface area contributed by atoms with E-state index in [1.54, 1.807) is 33.8 Å². The first-order valence-corrected chi connectivity index (χ1v) is 9.10. The quantitative estimate of drug-likeness (QED) is 0.500. The van der Waals surface area contributed by atoms with E-state index >= 15 is 0 Å². The zero-order valence-corrected chi connectivity index (χ0v) is 15.9. The molecule has 0 aliphatic heterocycles. The van der Waals surface area contributed by atoms with Crippen molar-refractivity contribution in [1.29, 1.82) is 0 Å². The molecule has 2 aromatic heterocycles. The van der Waals surface area contributed by atoms with Crippen molar-refractivity contribution in [3.05, 3.63) is 95.9 Å². The van der Waals surface area contributed by atoms with Gasteiger partial charge in [0.15, 0.2) is 5.82 Å². The van der Waals surface area contributed by atoms with E-state index in [-0.39, 0.29) is 11.3 Å². The second-order valence-corrected chi connectivity index (χ2v) is 6.75. The molecule has 0 aliphatic carbocycles. The molecule has 0 bridgehead atoms. The molecule has 0 aliphatic rings. The predicted molar refractivity (Wildman–Crippen MR) is 107 cm³/mol. The molecule has 4 rings (SSSR count). The van der Waals surface area contributed by atoms with Gasteiger partial charge in [-0.1, -0.05) is 23.8 Å². The lowest BCUT2D eigenvalue weighted by Crippen LogP contribution is -2.16. The van der Waals surface area contributed by atoms with Crippen LogP contribution < -0.4 is 5.32 Å². The van der Waals surface area contributed by atoms with Gasteiger partial charge < -0.3 is 9.88 Å². The number of rotatable bonds is 4. The van der Waals surface area contributed by atoms with Gasteiger partial charge in [0.2, 0.25) is 0 Å². The Kier molecular flexibility index (Phi) is 4.91. The molecule has 0 atom stereocenters. The summed E-state index contributed by atoms with van der Waals surface area (Å²) in [7, 11) is 0. The van der Waals surface area contributed by atoms with Gasteiger partial charge in [-0.25, -0.2) is 4.68 Å². The Hall–Kier alpha value is -3.81. The van der Waals surface area contributed by atoms with Crippen LogP contribution in [0, 0.1) is 6.92 Å². The number of aromatic nitrogens is 3. The van der Waals surface area contributed by atoms with Gasteiger partial charge in [0.05, 0.1) is 17.4 Å². The molecule has 2 aromatic carbocycles. The molecular formula is C22H17F3N4O. The van der Waals surface area contributed by atoms with Crippen LogP contribution in [0.2, 0.25) is 0 Å². The molecule has 8 heteroatoms. The van der Waals surface area contributed by atoms with E-state index in [0.717, 1.165) is 23.4 Å². The zero-order valence-electron chi connectivity index (χ0n) is 15.9. The predicted octanol–water partition coefficient (Wildman–Crippen LogP) is 5.24. The Labute approximate surface area is 170 Å². The molecular weight excluding hydrogens is 393 g/mol. The molecule has 0 fully saturated rings. The van der Waals surface area contributed by atoms with Gasteiger partial charge in [-0.15, -0.1) is 0 Å². The second-order valence-electron chi connectivity index (χ2n) is 6.75. The number of halogens is 3. The van der Waals surface area contributed by atoms with Gasteiger partial charge in [-0.05, 0) is 49.4 Å². The van der Waals surface area contributed by atoms with Crippen LogP contribution in [-0.4, -0.2) is 20.3 Å². The monoisotopic (exact) mass is 410 g/mol. The van der Waals surface area contributed by atoms with Crippen molar-refractivity contribution in [1.82, 2.24) is 14.3 Å². The topological polar surface area (TPSA) is 51.9 Å². The van der Waals surface area contributed by atoms with Gasteiger partial charge in [0.25, 0.3) is 5.91 Å². The van der Waals surface area contributed by atoms with Crippen LogP contribution in [0.15, 0.2) is 79.3 Å². The molecule has 0 spiro atoms. The van der Waals surface area contributed by atoms with Gasteiger partial charge in [0, 0.05) is 18.1 Å². The number of nitrogens with one attached hydrogen (secondary N) is 1. The number of hydrogen-bond acceptors (Lipinski definition) is 2. The highest BCUT2D eigenvalue weighted by molar-refractivity contribution is 6.06. The standard InChI is InChI=1S/C22H17F3N4O/c1-15-7-9-18(10-8-15)29-21(28-11-2-3-12-28)19(14-26-29)20(30)27-17-6-4-5-16(13-17)22(23,24)25/h2-14H,1H3,(H,27,30). The summed E-state index contributed by atoms with van der Waals surface area (Å²) in [6, 6.07) is 15.7. The average Bonchev–Trinajstić information content (AvgIpc) is 3.37. The van der Waals surface area contributed by atoms with Crippen molar-refractivity contribution in [3.8, 4) is 11.5 Å². The van der Waals surface area contributed by atoms with Crippen molar-refractivity contribution in [2.24, 2.45) is 0 Å². The fourth-order valence-electron chi connectivity index (χ4n) is 3.07. The third-order valence-electron chi connectivity index (χ3n) is 4.56. The largest absolute Gasteiger partial charge is 0.416 e. The summed E-state index contributed by atoms with van der Waals surface area (Å²) in [5.41, 5.74) is 1.28. The van der Waals surface area contributed by atoms with E-state index < -0.39 is 17.6 Å². The molecule has 4 aromatic rings. The van der Waals surface area contributed by atoms with Crippen molar-refractivity contribution in [2.75, 3.05) is 5.32 Å². The highest BCUT2D eigenvalue weighted by atomic mass is 19.4. The maximum absolute atomic E-state index is 13.0. The van der Waals surface area contributed by atoms with Crippen LogP contribution in [0.3, 0.4) is 0 Å². The van der Waals surface area contributed by atoms with Gasteiger partial charge in [-0.3, -0.25) is 4.79 Å². The molecule has 5 nitrogen and oxygen atoms in total. The number of amides is 1. The SMILES string of the molecule is Cc1ccc(-n2ncc(C(=O)Nc3cccc(C(F)(F)F)c3)c2-n2cccc2)cc1. The van der Waals surface area contributed by atoms with Crippen LogP contribution in [0.5, 0.6) is 0 Å². The molecule has 0 saturated carbocycles. The number of benzene rings is 2. The van der Waals surface area contributed by atoms with Crippen molar-refractivity contribution in [3.63, 3.8) is 0 Å². The number of carbonyl (C=O) groups excluding carboxylic acids is 1. The van der Waals surface area contributed by atoms with Crippen molar-refractivity contribution >= 4 is 11.6 Å². The number of alkyl halides is 3. The lowest BCUT2D eigenvalue weighted by atomic mass is 10.2. The van der Waals surface area contributed by atoms with E-state index in [4.69, 9.17) is 0 Å². The smallest absolute Gasteiger partial charge is 0.322 e. The summed E-state index contributed by atoms with van der Waals surface area (Å²) in [6.07, 6.45) is 0.441. The van der Waals surface area contributed by atoms with Crippen LogP contribution in [0.4, 0.5) is 18.9 Å². The van der Waals surface area contributed by atoms with Gasteiger partial charge >= 0.3 is 6.18 Å². The van der Waals surface area contributed by atoms with Crippen LogP contribution in [0.25, 0.3) is 11.5 Å². The van der Waals surface area contributed by atoms with Crippen molar-refractivity contribution in [2.45, 2.75) is 13.1 Å². The Balaban J connectivity index is 1.72. The summed E-state index contributed by atoms with van der Waals surface area (Å²) >= 11 is 0. The molecule has 2 heterocycles. The fourth-order valence-corrected chi connectivity index (χ4v) is 3.07. The minimum absolute atomic E-state index is 0.0522. The first-order chi connectivity index (χ1) is 14.3. The molecule has 1 N–H and O–H groups in total. The lowest BCUT2D eigenvalue weighted by molar-refractivity contribution is -0.137. The summed E-state index contributed by atoms with van der Waals surface area (Å²) in [5, 5.41) is 6.89. The molecule has 0 radical (unpaired) electrons. The van der Waals surface area contributed by atoms with Crippen LogP contribution in [0.1, 0.15) is 21.5 Å². The van der Waals surface area contributed by atoms with Crippen molar-refractivity contribution < 1.29 is 18.0 Å². The van der Waals surface area contributed by atoms with E-state index in [9.17, 15) is 18.0 Å². The van der Waals surface area contributed by atoms with Crippen LogP contribution in [-0.2, 0) is 6.18 Å². The molecule has 0 unspecified atom stereocenters. The minimum atomic E-state index is -4.49. The summed E-state index contributed by atoms with van der Waals surface area (Å²) in [6.45, 7) is 1.97. The highest BCUT2D eigenvalue weighted by Gasteiger charge is 2.30. The average molecular weight is 410 g/mol. The Morgan fingerprint density at radius 2 is 1.70 bits per heavy atom. The normalized spacial score (nSPS) is 11.5. The molecule has 30 heavy (non-hydrogen) atoms. The second kappa shape index (κ2) is 7.55. The van der Waals surface area contributed by atoms with E-state index in [2.05, 4.69) is 10.4 Å². The fraction of sp³-hybridized carbons (Fsp3) is 0.0909.